The van der Waals surface area contributed by atoms with E-state index in [0.717, 1.165) is 21.6 Å². The summed E-state index contributed by atoms with van der Waals surface area (Å²) in [6, 6.07) is 20.7. The highest BCUT2D eigenvalue weighted by Gasteiger charge is 2.16. The van der Waals surface area contributed by atoms with Gasteiger partial charge in [0.25, 0.3) is 5.91 Å². The predicted octanol–water partition coefficient (Wildman–Crippen LogP) is 5.94. The van der Waals surface area contributed by atoms with Gasteiger partial charge in [0.05, 0.1) is 32.7 Å². The molecule has 0 saturated heterocycles. The number of carbonyl (C=O) groups excluding carboxylic acids is 1. The van der Waals surface area contributed by atoms with Gasteiger partial charge in [0.2, 0.25) is 5.75 Å². The van der Waals surface area contributed by atoms with Crippen LogP contribution in [0, 0.1) is 0 Å². The number of hydrogen-bond donors (Lipinski definition) is 2. The molecular formula is C26H24N2O4S. The fourth-order valence-electron chi connectivity index (χ4n) is 3.54. The van der Waals surface area contributed by atoms with Gasteiger partial charge in [-0.05, 0) is 64.5 Å². The average molecular weight is 461 g/mol. The zero-order valence-electron chi connectivity index (χ0n) is 18.5. The smallest absolute Gasteiger partial charge is 0.255 e. The highest BCUT2D eigenvalue weighted by atomic mass is 32.1. The van der Waals surface area contributed by atoms with Crippen LogP contribution in [0.2, 0.25) is 0 Å². The zero-order chi connectivity index (χ0) is 23.4. The van der Waals surface area contributed by atoms with E-state index in [2.05, 4.69) is 5.32 Å². The van der Waals surface area contributed by atoms with Gasteiger partial charge >= 0.3 is 0 Å². The van der Waals surface area contributed by atoms with Crippen molar-refractivity contribution < 1.29 is 19.0 Å². The van der Waals surface area contributed by atoms with Crippen molar-refractivity contribution in [2.45, 2.75) is 0 Å². The Hall–Kier alpha value is -3.97. The van der Waals surface area contributed by atoms with Gasteiger partial charge in [-0.15, -0.1) is 11.3 Å². The van der Waals surface area contributed by atoms with Crippen molar-refractivity contribution in [1.82, 2.24) is 0 Å². The van der Waals surface area contributed by atoms with Gasteiger partial charge in [0.15, 0.2) is 11.5 Å². The van der Waals surface area contributed by atoms with Gasteiger partial charge in [0.1, 0.15) is 0 Å². The summed E-state index contributed by atoms with van der Waals surface area (Å²) in [7, 11) is 4.70. The summed E-state index contributed by atoms with van der Waals surface area (Å²) in [4.78, 5) is 14.2. The van der Waals surface area contributed by atoms with Crippen molar-refractivity contribution in [3.63, 3.8) is 0 Å². The predicted molar refractivity (Wildman–Crippen MR) is 134 cm³/mol. The molecule has 0 spiro atoms. The highest BCUT2D eigenvalue weighted by Crippen LogP contribution is 2.41. The molecule has 1 amide bonds. The van der Waals surface area contributed by atoms with Gasteiger partial charge in [-0.1, -0.05) is 24.3 Å². The van der Waals surface area contributed by atoms with Crippen LogP contribution in [0.5, 0.6) is 17.2 Å². The Balaban J connectivity index is 1.64. The molecular weight excluding hydrogens is 436 g/mol. The zero-order valence-corrected chi connectivity index (χ0v) is 19.4. The van der Waals surface area contributed by atoms with Crippen molar-refractivity contribution in [1.29, 1.82) is 0 Å². The molecule has 1 aromatic heterocycles. The lowest BCUT2D eigenvalue weighted by atomic mass is 10.0. The van der Waals surface area contributed by atoms with Crippen LogP contribution in [0.4, 0.5) is 11.4 Å². The second-order valence-electron chi connectivity index (χ2n) is 7.23. The Morgan fingerprint density at radius 2 is 1.58 bits per heavy atom. The van der Waals surface area contributed by atoms with E-state index < -0.39 is 0 Å². The molecule has 0 saturated carbocycles. The first-order valence-corrected chi connectivity index (χ1v) is 11.1. The summed E-state index contributed by atoms with van der Waals surface area (Å²) < 4.78 is 16.3. The molecule has 4 aromatic rings. The number of methoxy groups -OCH3 is 3. The van der Waals surface area contributed by atoms with E-state index in [1.165, 1.54) is 0 Å². The summed E-state index contributed by atoms with van der Waals surface area (Å²) in [5.74, 6) is 1.35. The minimum atomic E-state index is -0.251. The lowest BCUT2D eigenvalue weighted by Gasteiger charge is -2.15. The Bertz CT molecular complexity index is 1260. The van der Waals surface area contributed by atoms with Gasteiger partial charge in [0, 0.05) is 10.4 Å². The minimum absolute atomic E-state index is 0.251. The molecule has 1 heterocycles. The molecule has 0 atom stereocenters. The van der Waals surface area contributed by atoms with Crippen LogP contribution in [0.3, 0.4) is 0 Å². The van der Waals surface area contributed by atoms with Gasteiger partial charge < -0.3 is 25.3 Å². The number of nitrogens with two attached hydrogens (primary N) is 1. The number of thiophene rings is 1. The second kappa shape index (κ2) is 9.67. The molecule has 168 valence electrons. The third-order valence-corrected chi connectivity index (χ3v) is 6.15. The number of ether oxygens (including phenoxy) is 3. The topological polar surface area (TPSA) is 82.8 Å². The quantitative estimate of drug-likeness (QED) is 0.333. The van der Waals surface area contributed by atoms with Crippen LogP contribution >= 0.6 is 11.3 Å². The van der Waals surface area contributed by atoms with Crippen molar-refractivity contribution in [3.8, 4) is 38.8 Å². The van der Waals surface area contributed by atoms with Crippen molar-refractivity contribution in [3.05, 3.63) is 77.7 Å². The number of anilines is 2. The maximum absolute atomic E-state index is 13.1. The SMILES string of the molecule is COc1cc(-c2cccc(C(=O)Nc3cc(-c4cccs4)ccc3N)c2)cc(OC)c1OC. The maximum atomic E-state index is 13.1. The standard InChI is InChI=1S/C26H24N2O4S/c1-30-22-14-19(15-23(31-2)25(22)32-3)16-6-4-7-18(12-16)26(29)28-21-13-17(9-10-20(21)27)24-8-5-11-33-24/h4-15H,27H2,1-3H3,(H,28,29). The molecule has 3 N–H and O–H groups in total. The first-order valence-electron chi connectivity index (χ1n) is 10.2. The number of rotatable bonds is 7. The van der Waals surface area contributed by atoms with Crippen LogP contribution < -0.4 is 25.3 Å². The fourth-order valence-corrected chi connectivity index (χ4v) is 4.27. The average Bonchev–Trinajstić information content (AvgIpc) is 3.39. The molecule has 0 unspecified atom stereocenters. The van der Waals surface area contributed by atoms with Gasteiger partial charge in [-0.2, -0.15) is 0 Å². The van der Waals surface area contributed by atoms with E-state index in [0.29, 0.717) is 34.2 Å². The number of carbonyl (C=O) groups is 1. The molecule has 0 radical (unpaired) electrons. The van der Waals surface area contributed by atoms with Crippen molar-refractivity contribution in [2.75, 3.05) is 32.4 Å². The molecule has 0 aliphatic carbocycles. The Morgan fingerprint density at radius 1 is 0.818 bits per heavy atom. The Kier molecular flexibility index (Phi) is 6.51. The summed E-state index contributed by atoms with van der Waals surface area (Å²) in [6.07, 6.45) is 0. The van der Waals surface area contributed by atoms with E-state index in [9.17, 15) is 4.79 Å². The molecule has 7 heteroatoms. The molecule has 4 rings (SSSR count). The second-order valence-corrected chi connectivity index (χ2v) is 8.18. The van der Waals surface area contributed by atoms with Crippen LogP contribution in [0.15, 0.2) is 72.1 Å². The highest BCUT2D eigenvalue weighted by molar-refractivity contribution is 7.13. The van der Waals surface area contributed by atoms with E-state index in [4.69, 9.17) is 19.9 Å². The van der Waals surface area contributed by atoms with E-state index in [1.54, 1.807) is 44.8 Å². The number of amides is 1. The van der Waals surface area contributed by atoms with Crippen LogP contribution in [0.1, 0.15) is 10.4 Å². The number of nitrogen functional groups attached to an aromatic ring is 1. The van der Waals surface area contributed by atoms with Crippen LogP contribution in [-0.4, -0.2) is 27.2 Å². The van der Waals surface area contributed by atoms with E-state index in [-0.39, 0.29) is 5.91 Å². The third kappa shape index (κ3) is 4.63. The lowest BCUT2D eigenvalue weighted by molar-refractivity contribution is 0.102. The minimum Gasteiger partial charge on any atom is -0.493 e. The first kappa shape index (κ1) is 22.2. The summed E-state index contributed by atoms with van der Waals surface area (Å²) in [5.41, 5.74) is 10.4. The normalized spacial score (nSPS) is 10.5. The van der Waals surface area contributed by atoms with Gasteiger partial charge in [-0.25, -0.2) is 0 Å². The van der Waals surface area contributed by atoms with Gasteiger partial charge in [-0.3, -0.25) is 4.79 Å². The molecule has 0 aliphatic heterocycles. The van der Waals surface area contributed by atoms with Crippen LogP contribution in [0.25, 0.3) is 21.6 Å². The first-order chi connectivity index (χ1) is 16.0. The number of hydrogen-bond acceptors (Lipinski definition) is 6. The Labute approximate surface area is 196 Å². The van der Waals surface area contributed by atoms with E-state index in [1.807, 2.05) is 60.0 Å². The fraction of sp³-hybridized carbons (Fsp3) is 0.115. The van der Waals surface area contributed by atoms with Crippen LogP contribution in [-0.2, 0) is 0 Å². The third-order valence-electron chi connectivity index (χ3n) is 5.23. The van der Waals surface area contributed by atoms with Crippen molar-refractivity contribution >= 4 is 28.6 Å². The number of benzene rings is 3. The molecule has 0 bridgehead atoms. The number of nitrogens with one attached hydrogen (secondary N) is 1. The maximum Gasteiger partial charge on any atom is 0.255 e. The van der Waals surface area contributed by atoms with Crippen molar-refractivity contribution in [2.24, 2.45) is 0 Å². The lowest BCUT2D eigenvalue weighted by Crippen LogP contribution is -2.13. The molecule has 0 aliphatic rings. The Morgan fingerprint density at radius 3 is 2.21 bits per heavy atom. The molecule has 6 nitrogen and oxygen atoms in total. The summed E-state index contributed by atoms with van der Waals surface area (Å²) >= 11 is 1.63. The molecule has 33 heavy (non-hydrogen) atoms. The monoisotopic (exact) mass is 460 g/mol. The largest absolute Gasteiger partial charge is 0.493 e. The molecule has 0 fully saturated rings. The molecule has 3 aromatic carbocycles. The summed E-state index contributed by atoms with van der Waals surface area (Å²) in [5, 5.41) is 4.95. The van der Waals surface area contributed by atoms with E-state index >= 15 is 0 Å². The summed E-state index contributed by atoms with van der Waals surface area (Å²) in [6.45, 7) is 0.